The molecule has 3 N–H and O–H groups in total. The number of aryl methyl sites for hydroxylation is 1. The number of para-hydroxylation sites is 1. The van der Waals surface area contributed by atoms with Crippen molar-refractivity contribution in [1.82, 2.24) is 39.6 Å². The summed E-state index contributed by atoms with van der Waals surface area (Å²) >= 11 is 0. The number of aromatic nitrogens is 2. The molecule has 4 aliphatic rings. The van der Waals surface area contributed by atoms with Crippen molar-refractivity contribution in [1.29, 1.82) is 0 Å². The predicted octanol–water partition coefficient (Wildman–Crippen LogP) is 4.41. The minimum Gasteiger partial charge on any atom is -0.508 e. The molecule has 2 unspecified atom stereocenters. The molecule has 0 radical (unpaired) electrons. The third-order valence-electron chi connectivity index (χ3n) is 12.9. The van der Waals surface area contributed by atoms with E-state index in [1.54, 1.807) is 62.6 Å². The first-order valence-corrected chi connectivity index (χ1v) is 21.2. The average molecular weight is 837 g/mol. The standard InChI is InChI=1S/C47H52N10O5/c1-4-20-55-30-43(59)56-39(22-31-13-16-36(58)17-14-31)46(61)54(29-42(56)57(55)47(62)49-23-32-9-6-5-7-10-32)26-34-11-8-12-37-38(27-52(3)44(34)37)45(60)50-35-15-18-41(48-24-35)53-25-33-19-21-51(2)40(33)28-53/h4-18,24,27,33,39-40,42,58H,1,19-23,25-26,28-30H2,2-3H3,(H,49,62)(H,50,60)/t33?,39-,40?,42-/m0/s1. The first-order valence-electron chi connectivity index (χ1n) is 21.2. The molecule has 320 valence electrons. The number of fused-ring (bicyclic) bond motifs is 3. The van der Waals surface area contributed by atoms with Gasteiger partial charge in [-0.15, -0.1) is 6.58 Å². The maximum Gasteiger partial charge on any atom is 0.334 e. The molecular formula is C47H52N10O5. The van der Waals surface area contributed by atoms with E-state index in [4.69, 9.17) is 4.98 Å². The van der Waals surface area contributed by atoms with Crippen LogP contribution in [0.15, 0.2) is 110 Å². The number of anilines is 2. The van der Waals surface area contributed by atoms with Crippen molar-refractivity contribution in [3.8, 4) is 5.75 Å². The number of hydrazine groups is 1. The number of phenolic OH excluding ortho intramolecular Hbond substituents is 1. The van der Waals surface area contributed by atoms with Gasteiger partial charge >= 0.3 is 6.03 Å². The van der Waals surface area contributed by atoms with Crippen molar-refractivity contribution in [3.63, 3.8) is 0 Å². The number of urea groups is 1. The second kappa shape index (κ2) is 17.0. The number of hydrogen-bond acceptors (Lipinski definition) is 9. The fourth-order valence-corrected chi connectivity index (χ4v) is 9.83. The summed E-state index contributed by atoms with van der Waals surface area (Å²) in [5.41, 5.74) is 4.32. The summed E-state index contributed by atoms with van der Waals surface area (Å²) in [6.45, 7) is 7.54. The molecule has 9 rings (SSSR count). The van der Waals surface area contributed by atoms with Gasteiger partial charge in [0.2, 0.25) is 11.8 Å². The number of carbonyl (C=O) groups excluding carboxylic acids is 4. The highest BCUT2D eigenvalue weighted by molar-refractivity contribution is 6.13. The lowest BCUT2D eigenvalue weighted by Gasteiger charge is -2.55. The number of nitrogens with one attached hydrogen (secondary N) is 2. The lowest BCUT2D eigenvalue weighted by atomic mass is 9.98. The number of benzene rings is 3. The summed E-state index contributed by atoms with van der Waals surface area (Å²) in [5, 5.41) is 20.0. The van der Waals surface area contributed by atoms with Crippen LogP contribution in [0.3, 0.4) is 0 Å². The van der Waals surface area contributed by atoms with E-state index >= 15 is 0 Å². The molecule has 5 amide bonds. The van der Waals surface area contributed by atoms with Crippen molar-refractivity contribution < 1.29 is 24.3 Å². The van der Waals surface area contributed by atoms with Gasteiger partial charge < -0.3 is 39.9 Å². The normalized spacial score (nSPS) is 21.6. The van der Waals surface area contributed by atoms with Crippen LogP contribution in [-0.4, -0.2) is 128 Å². The van der Waals surface area contributed by atoms with Crippen molar-refractivity contribution in [2.24, 2.45) is 13.0 Å². The third kappa shape index (κ3) is 7.84. The van der Waals surface area contributed by atoms with Crippen molar-refractivity contribution in [2.75, 3.05) is 56.5 Å². The number of nitrogens with zero attached hydrogens (tertiary/aromatic N) is 8. The van der Waals surface area contributed by atoms with E-state index in [-0.39, 0.29) is 62.6 Å². The molecule has 4 saturated heterocycles. The Bertz CT molecular complexity index is 2490. The monoisotopic (exact) mass is 836 g/mol. The number of aromatic hydroxyl groups is 1. The summed E-state index contributed by atoms with van der Waals surface area (Å²) in [6, 6.07) is 24.9. The predicted molar refractivity (Wildman–Crippen MR) is 236 cm³/mol. The highest BCUT2D eigenvalue weighted by atomic mass is 16.3. The summed E-state index contributed by atoms with van der Waals surface area (Å²) < 4.78 is 1.90. The Labute approximate surface area is 360 Å². The van der Waals surface area contributed by atoms with Gasteiger partial charge in [-0.05, 0) is 66.9 Å². The highest BCUT2D eigenvalue weighted by Gasteiger charge is 2.51. The summed E-state index contributed by atoms with van der Waals surface area (Å²) in [6.07, 6.45) is 5.68. The zero-order valence-corrected chi connectivity index (χ0v) is 35.1. The molecule has 4 aliphatic heterocycles. The van der Waals surface area contributed by atoms with Gasteiger partial charge in [0, 0.05) is 63.8 Å². The average Bonchev–Trinajstić information content (AvgIpc) is 3.97. The molecule has 3 aromatic carbocycles. The van der Waals surface area contributed by atoms with Gasteiger partial charge in [0.05, 0.1) is 36.1 Å². The SMILES string of the molecule is C=CCN1CC(=O)N2[C@@H](Cc3ccc(O)cc3)C(=O)N(Cc3cccc4c(C(=O)Nc5ccc(N6CC7CCN(C)C7C6)nc5)cn(C)c34)C[C@@H]2N1C(=O)NCc1ccccc1. The van der Waals surface area contributed by atoms with Crippen LogP contribution in [0.2, 0.25) is 0 Å². The Kier molecular flexibility index (Phi) is 11.1. The zero-order valence-electron chi connectivity index (χ0n) is 35.1. The van der Waals surface area contributed by atoms with Crippen LogP contribution in [0, 0.1) is 5.92 Å². The van der Waals surface area contributed by atoms with Gasteiger partial charge in [-0.25, -0.2) is 19.8 Å². The Morgan fingerprint density at radius 3 is 2.48 bits per heavy atom. The molecule has 6 heterocycles. The van der Waals surface area contributed by atoms with Crippen LogP contribution >= 0.6 is 0 Å². The van der Waals surface area contributed by atoms with E-state index in [0.29, 0.717) is 23.2 Å². The maximum absolute atomic E-state index is 14.8. The van der Waals surface area contributed by atoms with Crippen molar-refractivity contribution >= 4 is 46.2 Å². The Balaban J connectivity index is 0.985. The maximum atomic E-state index is 14.8. The molecule has 15 nitrogen and oxygen atoms in total. The van der Waals surface area contributed by atoms with E-state index in [9.17, 15) is 24.3 Å². The van der Waals surface area contributed by atoms with Crippen LogP contribution in [0.5, 0.6) is 5.75 Å². The van der Waals surface area contributed by atoms with Gasteiger partial charge in [0.1, 0.15) is 23.8 Å². The molecule has 0 bridgehead atoms. The van der Waals surface area contributed by atoms with Crippen LogP contribution in [-0.2, 0) is 36.1 Å². The van der Waals surface area contributed by atoms with Gasteiger partial charge in [-0.1, -0.05) is 66.7 Å². The number of phenols is 1. The molecule has 15 heteroatoms. The summed E-state index contributed by atoms with van der Waals surface area (Å²) in [7, 11) is 4.07. The van der Waals surface area contributed by atoms with E-state index in [1.807, 2.05) is 72.3 Å². The molecule has 0 saturated carbocycles. The number of piperazine rings is 1. The second-order valence-electron chi connectivity index (χ2n) is 16.8. The Morgan fingerprint density at radius 1 is 0.935 bits per heavy atom. The van der Waals surface area contributed by atoms with Gasteiger partial charge in [-0.2, -0.15) is 0 Å². The smallest absolute Gasteiger partial charge is 0.334 e. The zero-order chi connectivity index (χ0) is 43.1. The first kappa shape index (κ1) is 40.7. The minimum atomic E-state index is -0.943. The molecule has 5 aromatic rings. The molecule has 0 spiro atoms. The number of pyridine rings is 1. The summed E-state index contributed by atoms with van der Waals surface area (Å²) in [4.78, 5) is 69.7. The molecule has 4 atom stereocenters. The fraction of sp³-hybridized carbons (Fsp3) is 0.340. The van der Waals surface area contributed by atoms with E-state index < -0.39 is 18.2 Å². The van der Waals surface area contributed by atoms with E-state index in [0.717, 1.165) is 53.0 Å². The van der Waals surface area contributed by atoms with Gasteiger partial charge in [0.15, 0.2) is 0 Å². The molecule has 62 heavy (non-hydrogen) atoms. The quantitative estimate of drug-likeness (QED) is 0.165. The number of hydrogen-bond donors (Lipinski definition) is 3. The Hall–Kier alpha value is -6.71. The van der Waals surface area contributed by atoms with E-state index in [2.05, 4.69) is 34.1 Å². The lowest BCUT2D eigenvalue weighted by Crippen LogP contribution is -2.76. The van der Waals surface area contributed by atoms with Crippen molar-refractivity contribution in [2.45, 2.75) is 44.2 Å². The number of likely N-dealkylation sites (tertiary alicyclic amines) is 1. The largest absolute Gasteiger partial charge is 0.508 e. The number of amides is 5. The molecule has 0 aliphatic carbocycles. The Morgan fingerprint density at radius 2 is 1.74 bits per heavy atom. The van der Waals surface area contributed by atoms with Gasteiger partial charge in [0.25, 0.3) is 5.91 Å². The topological polar surface area (TPSA) is 150 Å². The van der Waals surface area contributed by atoms with Crippen molar-refractivity contribution in [3.05, 3.63) is 132 Å². The molecule has 2 aromatic heterocycles. The fourth-order valence-electron chi connectivity index (χ4n) is 9.83. The summed E-state index contributed by atoms with van der Waals surface area (Å²) in [5.74, 6) is 0.819. The minimum absolute atomic E-state index is 0.0373. The lowest BCUT2D eigenvalue weighted by molar-refractivity contribution is -0.189. The third-order valence-corrected chi connectivity index (χ3v) is 12.9. The highest BCUT2D eigenvalue weighted by Crippen LogP contribution is 2.34. The van der Waals surface area contributed by atoms with Gasteiger partial charge in [-0.3, -0.25) is 14.4 Å². The van der Waals surface area contributed by atoms with Crippen LogP contribution in [0.4, 0.5) is 16.3 Å². The van der Waals surface area contributed by atoms with Crippen LogP contribution in [0.25, 0.3) is 10.9 Å². The number of likely N-dealkylation sites (N-methyl/N-ethyl adjacent to an activating group) is 1. The number of rotatable bonds is 11. The van der Waals surface area contributed by atoms with Crippen LogP contribution in [0.1, 0.15) is 33.5 Å². The molecule has 4 fully saturated rings. The number of carbonyl (C=O) groups is 4. The molecular weight excluding hydrogens is 785 g/mol. The van der Waals surface area contributed by atoms with E-state index in [1.165, 1.54) is 6.42 Å². The van der Waals surface area contributed by atoms with Crippen LogP contribution < -0.4 is 15.5 Å². The first-order chi connectivity index (χ1) is 30.1. The second-order valence-corrected chi connectivity index (χ2v) is 16.8.